The zero-order valence-corrected chi connectivity index (χ0v) is 11.3. The number of hydrogen-bond donors (Lipinski definition) is 1. The van der Waals surface area contributed by atoms with Gasteiger partial charge in [0.25, 0.3) is 0 Å². The molecule has 0 unspecified atom stereocenters. The van der Waals surface area contributed by atoms with Gasteiger partial charge >= 0.3 is 0 Å². The number of aromatic nitrogens is 4. The van der Waals surface area contributed by atoms with Crippen LogP contribution in [-0.4, -0.2) is 19.7 Å². The van der Waals surface area contributed by atoms with Crippen molar-refractivity contribution in [3.05, 3.63) is 35.4 Å². The van der Waals surface area contributed by atoms with Crippen LogP contribution in [-0.2, 0) is 13.6 Å². The minimum absolute atomic E-state index is 0.405. The van der Waals surface area contributed by atoms with E-state index in [0.717, 1.165) is 17.1 Å². The van der Waals surface area contributed by atoms with Crippen molar-refractivity contribution in [3.63, 3.8) is 0 Å². The molecular weight excluding hydrogens is 226 g/mol. The maximum Gasteiger partial charge on any atom is 0.223 e. The van der Waals surface area contributed by atoms with E-state index in [1.54, 1.807) is 4.68 Å². The molecule has 2 aromatic rings. The Balaban J connectivity index is 2.09. The van der Waals surface area contributed by atoms with Crippen LogP contribution in [0.4, 0.5) is 5.95 Å². The summed E-state index contributed by atoms with van der Waals surface area (Å²) in [5.41, 5.74) is 3.02. The molecule has 0 bridgehead atoms. The van der Waals surface area contributed by atoms with Gasteiger partial charge in [-0.3, -0.25) is 4.68 Å². The second-order valence-corrected chi connectivity index (χ2v) is 4.75. The molecule has 0 radical (unpaired) electrons. The van der Waals surface area contributed by atoms with Crippen molar-refractivity contribution in [1.29, 1.82) is 0 Å². The van der Waals surface area contributed by atoms with Gasteiger partial charge in [0.2, 0.25) is 5.95 Å². The summed E-state index contributed by atoms with van der Waals surface area (Å²) >= 11 is 0. The van der Waals surface area contributed by atoms with E-state index >= 15 is 0 Å². The predicted octanol–water partition coefficient (Wildman–Crippen LogP) is 2.25. The van der Waals surface area contributed by atoms with Crippen molar-refractivity contribution in [3.8, 4) is 0 Å². The zero-order chi connectivity index (χ0) is 13.1. The van der Waals surface area contributed by atoms with Crippen LogP contribution in [0.5, 0.6) is 0 Å². The lowest BCUT2D eigenvalue weighted by Gasteiger charge is -2.09. The Hall–Kier alpha value is -1.91. The fourth-order valence-electron chi connectivity index (χ4n) is 1.69. The number of anilines is 1. The number of nitrogens with one attached hydrogen (secondary N) is 1. The molecule has 0 fully saturated rings. The molecule has 2 aromatic heterocycles. The van der Waals surface area contributed by atoms with Crippen LogP contribution in [0.3, 0.4) is 0 Å². The Morgan fingerprint density at radius 3 is 2.72 bits per heavy atom. The van der Waals surface area contributed by atoms with E-state index in [2.05, 4.69) is 34.2 Å². The summed E-state index contributed by atoms with van der Waals surface area (Å²) in [6, 6.07) is 4.00. The Labute approximate surface area is 107 Å². The molecular formula is C13H19N5. The number of aryl methyl sites for hydroxylation is 2. The van der Waals surface area contributed by atoms with Gasteiger partial charge in [-0.1, -0.05) is 13.8 Å². The van der Waals surface area contributed by atoms with Gasteiger partial charge in [0.15, 0.2) is 0 Å². The minimum Gasteiger partial charge on any atom is -0.348 e. The fourth-order valence-corrected chi connectivity index (χ4v) is 1.69. The molecule has 0 amide bonds. The molecule has 0 aliphatic carbocycles. The first-order chi connectivity index (χ1) is 8.54. The predicted molar refractivity (Wildman–Crippen MR) is 71.4 cm³/mol. The van der Waals surface area contributed by atoms with E-state index in [4.69, 9.17) is 0 Å². The Morgan fingerprint density at radius 2 is 2.11 bits per heavy atom. The Bertz CT molecular complexity index is 530. The van der Waals surface area contributed by atoms with Gasteiger partial charge in [0.05, 0.1) is 12.2 Å². The number of rotatable bonds is 4. The molecule has 0 spiro atoms. The van der Waals surface area contributed by atoms with Crippen molar-refractivity contribution < 1.29 is 0 Å². The molecule has 0 atom stereocenters. The van der Waals surface area contributed by atoms with E-state index in [1.807, 2.05) is 32.3 Å². The second kappa shape index (κ2) is 5.16. The van der Waals surface area contributed by atoms with Crippen LogP contribution in [0, 0.1) is 6.92 Å². The molecule has 2 heterocycles. The lowest BCUT2D eigenvalue weighted by Crippen LogP contribution is -2.07. The molecule has 18 heavy (non-hydrogen) atoms. The van der Waals surface area contributed by atoms with E-state index in [-0.39, 0.29) is 0 Å². The van der Waals surface area contributed by atoms with Crippen LogP contribution >= 0.6 is 0 Å². The first kappa shape index (κ1) is 12.5. The summed E-state index contributed by atoms with van der Waals surface area (Å²) in [4.78, 5) is 8.88. The monoisotopic (exact) mass is 245 g/mol. The summed E-state index contributed by atoms with van der Waals surface area (Å²) in [6.45, 7) is 6.88. The molecule has 0 saturated heterocycles. The lowest BCUT2D eigenvalue weighted by atomic mass is 10.1. The van der Waals surface area contributed by atoms with Crippen LogP contribution in [0.15, 0.2) is 18.3 Å². The quantitative estimate of drug-likeness (QED) is 0.897. The average molecular weight is 245 g/mol. The maximum atomic E-state index is 4.50. The van der Waals surface area contributed by atoms with Gasteiger partial charge in [-0.15, -0.1) is 0 Å². The van der Waals surface area contributed by atoms with E-state index in [0.29, 0.717) is 18.4 Å². The molecule has 0 aliphatic rings. The van der Waals surface area contributed by atoms with Crippen molar-refractivity contribution in [1.82, 2.24) is 19.7 Å². The number of nitrogens with zero attached hydrogens (tertiary/aromatic N) is 4. The van der Waals surface area contributed by atoms with Crippen LogP contribution < -0.4 is 5.32 Å². The van der Waals surface area contributed by atoms with Gasteiger partial charge in [-0.25, -0.2) is 9.97 Å². The van der Waals surface area contributed by atoms with Gasteiger partial charge in [-0.2, -0.15) is 5.10 Å². The van der Waals surface area contributed by atoms with Gasteiger partial charge in [0, 0.05) is 24.6 Å². The summed E-state index contributed by atoms with van der Waals surface area (Å²) < 4.78 is 1.79. The molecule has 0 saturated carbocycles. The number of hydrogen-bond acceptors (Lipinski definition) is 4. The highest BCUT2D eigenvalue weighted by atomic mass is 15.3. The van der Waals surface area contributed by atoms with Gasteiger partial charge in [-0.05, 0) is 25.0 Å². The fraction of sp³-hybridized carbons (Fsp3) is 0.462. The summed E-state index contributed by atoms with van der Waals surface area (Å²) in [6.07, 6.45) is 1.92. The molecule has 0 aromatic carbocycles. The maximum absolute atomic E-state index is 4.50. The normalized spacial score (nSPS) is 10.9. The topological polar surface area (TPSA) is 55.6 Å². The van der Waals surface area contributed by atoms with Crippen molar-refractivity contribution in [2.24, 2.45) is 7.05 Å². The average Bonchev–Trinajstić information content (AvgIpc) is 2.72. The molecule has 2 rings (SSSR count). The van der Waals surface area contributed by atoms with E-state index < -0.39 is 0 Å². The van der Waals surface area contributed by atoms with E-state index in [1.165, 1.54) is 0 Å². The van der Waals surface area contributed by atoms with Crippen LogP contribution in [0.1, 0.15) is 36.8 Å². The molecule has 0 aliphatic heterocycles. The molecule has 5 nitrogen and oxygen atoms in total. The standard InChI is InChI=1S/C13H19N5/c1-9(2)12-7-10(3)15-13(16-12)14-8-11-5-6-18(4)17-11/h5-7,9H,8H2,1-4H3,(H,14,15,16). The van der Waals surface area contributed by atoms with E-state index in [9.17, 15) is 0 Å². The van der Waals surface area contributed by atoms with Crippen molar-refractivity contribution >= 4 is 5.95 Å². The highest BCUT2D eigenvalue weighted by molar-refractivity contribution is 5.29. The summed E-state index contributed by atoms with van der Waals surface area (Å²) in [5, 5.41) is 7.52. The van der Waals surface area contributed by atoms with Gasteiger partial charge < -0.3 is 5.32 Å². The van der Waals surface area contributed by atoms with Crippen LogP contribution in [0.25, 0.3) is 0 Å². The Morgan fingerprint density at radius 1 is 1.33 bits per heavy atom. The first-order valence-electron chi connectivity index (χ1n) is 6.12. The molecule has 96 valence electrons. The zero-order valence-electron chi connectivity index (χ0n) is 11.3. The molecule has 5 heteroatoms. The highest BCUT2D eigenvalue weighted by Crippen LogP contribution is 2.14. The SMILES string of the molecule is Cc1cc(C(C)C)nc(NCc2ccn(C)n2)n1. The first-order valence-corrected chi connectivity index (χ1v) is 6.12. The highest BCUT2D eigenvalue weighted by Gasteiger charge is 2.06. The van der Waals surface area contributed by atoms with Crippen LogP contribution in [0.2, 0.25) is 0 Å². The lowest BCUT2D eigenvalue weighted by molar-refractivity contribution is 0.745. The molecule has 1 N–H and O–H groups in total. The van der Waals surface area contributed by atoms with Crippen molar-refractivity contribution in [2.75, 3.05) is 5.32 Å². The third-order valence-corrected chi connectivity index (χ3v) is 2.66. The second-order valence-electron chi connectivity index (χ2n) is 4.75. The Kier molecular flexibility index (Phi) is 3.60. The largest absolute Gasteiger partial charge is 0.348 e. The summed E-state index contributed by atoms with van der Waals surface area (Å²) in [7, 11) is 1.91. The summed E-state index contributed by atoms with van der Waals surface area (Å²) in [5.74, 6) is 1.08. The van der Waals surface area contributed by atoms with Gasteiger partial charge in [0.1, 0.15) is 0 Å². The smallest absolute Gasteiger partial charge is 0.223 e. The third-order valence-electron chi connectivity index (χ3n) is 2.66. The van der Waals surface area contributed by atoms with Crippen molar-refractivity contribution in [2.45, 2.75) is 33.2 Å². The third kappa shape index (κ3) is 3.06. The minimum atomic E-state index is 0.405.